The van der Waals surface area contributed by atoms with E-state index in [4.69, 9.17) is 11.5 Å². The molecular formula is C17H25N3O. The first-order chi connectivity index (χ1) is 9.99. The lowest BCUT2D eigenvalue weighted by molar-refractivity contribution is -0.138. The van der Waals surface area contributed by atoms with Crippen LogP contribution in [0.3, 0.4) is 0 Å². The summed E-state index contributed by atoms with van der Waals surface area (Å²) < 4.78 is 0. The largest absolute Gasteiger partial charge is 0.341 e. The lowest BCUT2D eigenvalue weighted by Gasteiger charge is -2.38. The Hall–Kier alpha value is -1.39. The van der Waals surface area contributed by atoms with Gasteiger partial charge in [-0.1, -0.05) is 24.3 Å². The number of nitrogens with zero attached hydrogens (tertiary/aromatic N) is 1. The maximum absolute atomic E-state index is 12.9. The maximum Gasteiger partial charge on any atom is 0.243 e. The van der Waals surface area contributed by atoms with E-state index in [-0.39, 0.29) is 11.9 Å². The molecule has 1 aliphatic carbocycles. The molecule has 4 nitrogen and oxygen atoms in total. The van der Waals surface area contributed by atoms with E-state index < -0.39 is 5.54 Å². The van der Waals surface area contributed by atoms with Crippen molar-refractivity contribution in [3.63, 3.8) is 0 Å². The number of piperidine rings is 1. The second-order valence-electron chi connectivity index (χ2n) is 6.79. The predicted molar refractivity (Wildman–Crippen MR) is 83.7 cm³/mol. The molecule has 1 fully saturated rings. The smallest absolute Gasteiger partial charge is 0.243 e. The Bertz CT molecular complexity index is 516. The number of rotatable bonds is 2. The molecule has 0 spiro atoms. The van der Waals surface area contributed by atoms with Crippen molar-refractivity contribution in [1.82, 2.24) is 4.90 Å². The Labute approximate surface area is 126 Å². The summed E-state index contributed by atoms with van der Waals surface area (Å²) in [6, 6.07) is 8.33. The van der Waals surface area contributed by atoms with Gasteiger partial charge in [0, 0.05) is 19.1 Å². The molecule has 1 saturated heterocycles. The van der Waals surface area contributed by atoms with Crippen molar-refractivity contribution in [2.24, 2.45) is 17.4 Å². The molecule has 1 aromatic carbocycles. The number of carbonyl (C=O) groups excluding carboxylic acids is 1. The number of nitrogens with two attached hydrogens (primary N) is 2. The summed E-state index contributed by atoms with van der Waals surface area (Å²) in [6.45, 7) is 3.60. The van der Waals surface area contributed by atoms with Crippen LogP contribution < -0.4 is 11.5 Å². The van der Waals surface area contributed by atoms with Gasteiger partial charge in [0.2, 0.25) is 5.91 Å². The molecule has 0 unspecified atom stereocenters. The average molecular weight is 287 g/mol. The zero-order chi connectivity index (χ0) is 15.0. The van der Waals surface area contributed by atoms with E-state index in [1.54, 1.807) is 0 Å². The third-order valence-corrected chi connectivity index (χ3v) is 5.04. The van der Waals surface area contributed by atoms with Crippen LogP contribution >= 0.6 is 0 Å². The van der Waals surface area contributed by atoms with Gasteiger partial charge in [-0.2, -0.15) is 0 Å². The highest BCUT2D eigenvalue weighted by atomic mass is 16.2. The number of fused-ring (bicyclic) bond motifs is 1. The van der Waals surface area contributed by atoms with Crippen molar-refractivity contribution < 1.29 is 4.79 Å². The van der Waals surface area contributed by atoms with E-state index in [9.17, 15) is 4.79 Å². The standard InChI is InChI=1S/C17H25N3O/c1-12(18)15-7-4-8-20(11-15)16(21)17(19)9-13-5-2-3-6-14(13)10-17/h2-3,5-6,12,15H,4,7-11,18-19H2,1H3/t12-,15+/m1/s1. The summed E-state index contributed by atoms with van der Waals surface area (Å²) in [4.78, 5) is 14.9. The fourth-order valence-electron chi connectivity index (χ4n) is 3.73. The van der Waals surface area contributed by atoms with Gasteiger partial charge in [0.05, 0.1) is 0 Å². The summed E-state index contributed by atoms with van der Waals surface area (Å²) in [5.74, 6) is 0.499. The predicted octanol–water partition coefficient (Wildman–Crippen LogP) is 1.07. The fourth-order valence-corrected chi connectivity index (χ4v) is 3.73. The Morgan fingerprint density at radius 1 is 1.33 bits per heavy atom. The van der Waals surface area contributed by atoms with Crippen LogP contribution in [-0.4, -0.2) is 35.5 Å². The number of benzene rings is 1. The number of carbonyl (C=O) groups is 1. The molecule has 4 N–H and O–H groups in total. The molecule has 0 radical (unpaired) electrons. The van der Waals surface area contributed by atoms with Crippen molar-refractivity contribution in [1.29, 1.82) is 0 Å². The van der Waals surface area contributed by atoms with Crippen LogP contribution in [0.1, 0.15) is 30.9 Å². The molecule has 2 atom stereocenters. The molecule has 2 aliphatic rings. The highest BCUT2D eigenvalue weighted by Gasteiger charge is 2.43. The number of hydrogen-bond acceptors (Lipinski definition) is 3. The van der Waals surface area contributed by atoms with Gasteiger partial charge < -0.3 is 16.4 Å². The first-order valence-electron chi connectivity index (χ1n) is 7.90. The summed E-state index contributed by atoms with van der Waals surface area (Å²) in [5, 5.41) is 0. The zero-order valence-electron chi connectivity index (χ0n) is 12.7. The Morgan fingerprint density at radius 2 is 1.95 bits per heavy atom. The SMILES string of the molecule is C[C@@H](N)[C@H]1CCCN(C(=O)C2(N)Cc3ccccc3C2)C1. The molecule has 0 bridgehead atoms. The van der Waals surface area contributed by atoms with Gasteiger partial charge >= 0.3 is 0 Å². The maximum atomic E-state index is 12.9. The van der Waals surface area contributed by atoms with Crippen molar-refractivity contribution in [3.8, 4) is 0 Å². The average Bonchev–Trinajstić information content (AvgIpc) is 2.84. The van der Waals surface area contributed by atoms with E-state index in [2.05, 4.69) is 12.1 Å². The Morgan fingerprint density at radius 3 is 2.52 bits per heavy atom. The number of likely N-dealkylation sites (tertiary alicyclic amines) is 1. The van der Waals surface area contributed by atoms with Crippen molar-refractivity contribution >= 4 is 5.91 Å². The first kappa shape index (κ1) is 14.5. The molecule has 21 heavy (non-hydrogen) atoms. The van der Waals surface area contributed by atoms with Gasteiger partial charge in [0.25, 0.3) is 0 Å². The quantitative estimate of drug-likeness (QED) is 0.854. The third-order valence-electron chi connectivity index (χ3n) is 5.04. The van der Waals surface area contributed by atoms with E-state index in [1.165, 1.54) is 11.1 Å². The molecule has 4 heteroatoms. The molecule has 1 aliphatic heterocycles. The second-order valence-corrected chi connectivity index (χ2v) is 6.79. The van der Waals surface area contributed by atoms with Gasteiger partial charge in [-0.25, -0.2) is 0 Å². The van der Waals surface area contributed by atoms with Gasteiger partial charge in [-0.3, -0.25) is 4.79 Å². The van der Waals surface area contributed by atoms with E-state index in [0.29, 0.717) is 18.8 Å². The normalized spacial score (nSPS) is 25.5. The van der Waals surface area contributed by atoms with Crippen LogP contribution in [0.2, 0.25) is 0 Å². The summed E-state index contributed by atoms with van der Waals surface area (Å²) in [6.07, 6.45) is 3.45. The minimum atomic E-state index is -0.761. The second kappa shape index (κ2) is 5.43. The summed E-state index contributed by atoms with van der Waals surface area (Å²) >= 11 is 0. The molecule has 0 saturated carbocycles. The minimum absolute atomic E-state index is 0.101. The Balaban J connectivity index is 1.74. The monoisotopic (exact) mass is 287 g/mol. The van der Waals surface area contributed by atoms with Crippen LogP contribution in [0.25, 0.3) is 0 Å². The zero-order valence-corrected chi connectivity index (χ0v) is 12.7. The Kier molecular flexibility index (Phi) is 3.76. The van der Waals surface area contributed by atoms with Crippen molar-refractivity contribution in [2.75, 3.05) is 13.1 Å². The van der Waals surface area contributed by atoms with E-state index in [0.717, 1.165) is 25.9 Å². The third kappa shape index (κ3) is 2.70. The molecule has 0 aromatic heterocycles. The van der Waals surface area contributed by atoms with Crippen LogP contribution in [0.5, 0.6) is 0 Å². The van der Waals surface area contributed by atoms with Gasteiger partial charge in [0.1, 0.15) is 5.54 Å². The molecular weight excluding hydrogens is 262 g/mol. The highest BCUT2D eigenvalue weighted by molar-refractivity contribution is 5.88. The first-order valence-corrected chi connectivity index (χ1v) is 7.90. The van der Waals surface area contributed by atoms with Crippen LogP contribution in [0.4, 0.5) is 0 Å². The van der Waals surface area contributed by atoms with E-state index >= 15 is 0 Å². The van der Waals surface area contributed by atoms with Crippen LogP contribution in [0, 0.1) is 5.92 Å². The van der Waals surface area contributed by atoms with Gasteiger partial charge in [-0.15, -0.1) is 0 Å². The lowest BCUT2D eigenvalue weighted by atomic mass is 9.89. The highest BCUT2D eigenvalue weighted by Crippen LogP contribution is 2.31. The number of amides is 1. The van der Waals surface area contributed by atoms with Gasteiger partial charge in [-0.05, 0) is 49.7 Å². The number of hydrogen-bond donors (Lipinski definition) is 2. The molecule has 1 amide bonds. The van der Waals surface area contributed by atoms with E-state index in [1.807, 2.05) is 24.0 Å². The molecule has 1 heterocycles. The topological polar surface area (TPSA) is 72.3 Å². The minimum Gasteiger partial charge on any atom is -0.341 e. The lowest BCUT2D eigenvalue weighted by Crippen LogP contribution is -2.58. The molecule has 1 aromatic rings. The fraction of sp³-hybridized carbons (Fsp3) is 0.588. The van der Waals surface area contributed by atoms with Crippen molar-refractivity contribution in [2.45, 2.75) is 44.2 Å². The summed E-state index contributed by atoms with van der Waals surface area (Å²) in [5.41, 5.74) is 14.2. The van der Waals surface area contributed by atoms with Crippen LogP contribution in [0.15, 0.2) is 24.3 Å². The molecule has 3 rings (SSSR count). The van der Waals surface area contributed by atoms with Crippen molar-refractivity contribution in [3.05, 3.63) is 35.4 Å². The van der Waals surface area contributed by atoms with Gasteiger partial charge in [0.15, 0.2) is 0 Å². The summed E-state index contributed by atoms with van der Waals surface area (Å²) in [7, 11) is 0. The molecule has 114 valence electrons. The van der Waals surface area contributed by atoms with Crippen LogP contribution in [-0.2, 0) is 17.6 Å².